The maximum Gasteiger partial charge on any atom is 0.390 e. The predicted molar refractivity (Wildman–Crippen MR) is 68.7 cm³/mol. The Morgan fingerprint density at radius 2 is 2.00 bits per heavy atom. The minimum absolute atomic E-state index is 0.0621. The Morgan fingerprint density at radius 3 is 2.60 bits per heavy atom. The number of hydrogen-bond acceptors (Lipinski definition) is 3. The van der Waals surface area contributed by atoms with Crippen LogP contribution in [0.25, 0.3) is 0 Å². The Morgan fingerprint density at radius 1 is 1.30 bits per heavy atom. The van der Waals surface area contributed by atoms with Gasteiger partial charge in [0, 0.05) is 25.0 Å². The predicted octanol–water partition coefficient (Wildman–Crippen LogP) is 1.75. The SMILES string of the molecule is CCCNCc1cc(S(=O)(=O)NCCC(F)(F)F)c[nH]1. The molecule has 1 heterocycles. The molecule has 116 valence electrons. The molecule has 0 aliphatic heterocycles. The Bertz CT molecular complexity index is 511. The topological polar surface area (TPSA) is 74.0 Å². The quantitative estimate of drug-likeness (QED) is 0.640. The molecule has 0 fully saturated rings. The van der Waals surface area contributed by atoms with Crippen LogP contribution >= 0.6 is 0 Å². The zero-order chi connectivity index (χ0) is 15.2. The van der Waals surface area contributed by atoms with Crippen LogP contribution in [-0.4, -0.2) is 32.7 Å². The van der Waals surface area contributed by atoms with Gasteiger partial charge in [-0.3, -0.25) is 0 Å². The molecular formula is C11H18F3N3O2S. The summed E-state index contributed by atoms with van der Waals surface area (Å²) in [6.07, 6.45) is -3.36. The summed E-state index contributed by atoms with van der Waals surface area (Å²) in [5.74, 6) is 0. The van der Waals surface area contributed by atoms with Crippen LogP contribution in [0.1, 0.15) is 25.5 Å². The second kappa shape index (κ2) is 7.09. The van der Waals surface area contributed by atoms with E-state index < -0.39 is 29.2 Å². The van der Waals surface area contributed by atoms with Gasteiger partial charge < -0.3 is 10.3 Å². The molecule has 9 heteroatoms. The van der Waals surface area contributed by atoms with E-state index in [2.05, 4.69) is 10.3 Å². The molecule has 0 unspecified atom stereocenters. The second-order valence-electron chi connectivity index (χ2n) is 4.30. The number of aromatic amines is 1. The lowest BCUT2D eigenvalue weighted by Crippen LogP contribution is -2.27. The molecule has 1 aromatic rings. The molecule has 0 radical (unpaired) electrons. The van der Waals surface area contributed by atoms with Crippen LogP contribution in [0.15, 0.2) is 17.2 Å². The summed E-state index contributed by atoms with van der Waals surface area (Å²) in [6, 6.07) is 1.40. The molecule has 5 nitrogen and oxygen atoms in total. The zero-order valence-electron chi connectivity index (χ0n) is 11.0. The molecule has 0 aliphatic rings. The van der Waals surface area contributed by atoms with Crippen molar-refractivity contribution in [3.8, 4) is 0 Å². The molecular weight excluding hydrogens is 295 g/mol. The maximum atomic E-state index is 12.0. The highest BCUT2D eigenvalue weighted by Gasteiger charge is 2.27. The molecule has 0 aliphatic carbocycles. The molecule has 0 saturated heterocycles. The van der Waals surface area contributed by atoms with Crippen LogP contribution in [0.3, 0.4) is 0 Å². The van der Waals surface area contributed by atoms with Gasteiger partial charge in [-0.25, -0.2) is 13.1 Å². The van der Waals surface area contributed by atoms with Crippen molar-refractivity contribution in [3.05, 3.63) is 18.0 Å². The summed E-state index contributed by atoms with van der Waals surface area (Å²) in [4.78, 5) is 2.71. The molecule has 3 N–H and O–H groups in total. The molecule has 0 bridgehead atoms. The van der Waals surface area contributed by atoms with Crippen molar-refractivity contribution in [3.63, 3.8) is 0 Å². The van der Waals surface area contributed by atoms with E-state index in [9.17, 15) is 21.6 Å². The first-order valence-electron chi connectivity index (χ1n) is 6.19. The molecule has 0 spiro atoms. The molecule has 20 heavy (non-hydrogen) atoms. The highest BCUT2D eigenvalue weighted by molar-refractivity contribution is 7.89. The third kappa shape index (κ3) is 5.93. The van der Waals surface area contributed by atoms with Gasteiger partial charge in [-0.15, -0.1) is 0 Å². The van der Waals surface area contributed by atoms with Crippen molar-refractivity contribution >= 4 is 10.0 Å². The molecule has 1 aromatic heterocycles. The van der Waals surface area contributed by atoms with Gasteiger partial charge >= 0.3 is 6.18 Å². The largest absolute Gasteiger partial charge is 0.390 e. The van der Waals surface area contributed by atoms with Gasteiger partial charge in [0.1, 0.15) is 0 Å². The van der Waals surface area contributed by atoms with E-state index in [4.69, 9.17) is 0 Å². The van der Waals surface area contributed by atoms with Crippen LogP contribution in [-0.2, 0) is 16.6 Å². The first-order chi connectivity index (χ1) is 9.24. The fraction of sp³-hybridized carbons (Fsp3) is 0.636. The fourth-order valence-corrected chi connectivity index (χ4v) is 2.54. The zero-order valence-corrected chi connectivity index (χ0v) is 11.9. The number of sulfonamides is 1. The van der Waals surface area contributed by atoms with Crippen molar-refractivity contribution in [2.24, 2.45) is 0 Å². The third-order valence-electron chi connectivity index (χ3n) is 2.47. The molecule has 0 aromatic carbocycles. The smallest absolute Gasteiger partial charge is 0.363 e. The first-order valence-corrected chi connectivity index (χ1v) is 7.67. The van der Waals surface area contributed by atoms with Crippen LogP contribution in [0, 0.1) is 0 Å². The number of halogens is 3. The van der Waals surface area contributed by atoms with Crippen LogP contribution < -0.4 is 10.0 Å². The van der Waals surface area contributed by atoms with Gasteiger partial charge in [0.05, 0.1) is 11.3 Å². The monoisotopic (exact) mass is 313 g/mol. The van der Waals surface area contributed by atoms with Crippen LogP contribution in [0.5, 0.6) is 0 Å². The van der Waals surface area contributed by atoms with Crippen molar-refractivity contribution in [2.75, 3.05) is 13.1 Å². The van der Waals surface area contributed by atoms with Gasteiger partial charge in [-0.1, -0.05) is 6.92 Å². The van der Waals surface area contributed by atoms with Gasteiger partial charge in [0.15, 0.2) is 0 Å². The summed E-state index contributed by atoms with van der Waals surface area (Å²) in [6.45, 7) is 2.61. The molecule has 0 amide bonds. The average molecular weight is 313 g/mol. The van der Waals surface area contributed by atoms with E-state index in [-0.39, 0.29) is 4.90 Å². The number of aromatic nitrogens is 1. The number of alkyl halides is 3. The van der Waals surface area contributed by atoms with Gasteiger partial charge in [0.2, 0.25) is 10.0 Å². The Hall–Kier alpha value is -1.06. The second-order valence-corrected chi connectivity index (χ2v) is 6.07. The standard InChI is InChI=1S/C11H18F3N3O2S/c1-2-4-15-7-9-6-10(8-16-9)20(18,19)17-5-3-11(12,13)14/h6,8,15-17H,2-5,7H2,1H3. The van der Waals surface area contributed by atoms with Gasteiger partial charge in [0.25, 0.3) is 0 Å². The van der Waals surface area contributed by atoms with E-state index in [0.29, 0.717) is 12.2 Å². The van der Waals surface area contributed by atoms with E-state index in [0.717, 1.165) is 13.0 Å². The van der Waals surface area contributed by atoms with E-state index in [1.807, 2.05) is 11.6 Å². The fourth-order valence-electron chi connectivity index (χ4n) is 1.49. The van der Waals surface area contributed by atoms with Crippen molar-refractivity contribution in [1.82, 2.24) is 15.0 Å². The number of rotatable bonds is 8. The highest BCUT2D eigenvalue weighted by Crippen LogP contribution is 2.19. The lowest BCUT2D eigenvalue weighted by molar-refractivity contribution is -0.132. The summed E-state index contributed by atoms with van der Waals surface area (Å²) in [7, 11) is -3.90. The summed E-state index contributed by atoms with van der Waals surface area (Å²) >= 11 is 0. The minimum atomic E-state index is -4.38. The van der Waals surface area contributed by atoms with Crippen LogP contribution in [0.4, 0.5) is 13.2 Å². The van der Waals surface area contributed by atoms with E-state index in [1.54, 1.807) is 0 Å². The lowest BCUT2D eigenvalue weighted by atomic mass is 10.4. The van der Waals surface area contributed by atoms with Gasteiger partial charge in [-0.05, 0) is 19.0 Å². The molecule has 1 rings (SSSR count). The number of H-pyrrole nitrogens is 1. The Labute approximate surface area is 116 Å². The average Bonchev–Trinajstić information content (AvgIpc) is 2.77. The van der Waals surface area contributed by atoms with Gasteiger partial charge in [-0.2, -0.15) is 13.2 Å². The summed E-state index contributed by atoms with van der Waals surface area (Å²) in [5, 5.41) is 3.08. The molecule has 0 saturated carbocycles. The lowest BCUT2D eigenvalue weighted by Gasteiger charge is -2.07. The Kier molecular flexibility index (Phi) is 6.03. The highest BCUT2D eigenvalue weighted by atomic mass is 32.2. The van der Waals surface area contributed by atoms with Crippen molar-refractivity contribution in [2.45, 2.75) is 37.4 Å². The maximum absolute atomic E-state index is 12.0. The minimum Gasteiger partial charge on any atom is -0.363 e. The summed E-state index contributed by atoms with van der Waals surface area (Å²) in [5.41, 5.74) is 0.662. The number of hydrogen-bond donors (Lipinski definition) is 3. The van der Waals surface area contributed by atoms with E-state index in [1.165, 1.54) is 12.3 Å². The van der Waals surface area contributed by atoms with Crippen molar-refractivity contribution < 1.29 is 21.6 Å². The number of nitrogens with one attached hydrogen (secondary N) is 3. The normalized spacial score (nSPS) is 12.8. The first kappa shape index (κ1) is 17.0. The van der Waals surface area contributed by atoms with Crippen LogP contribution in [0.2, 0.25) is 0 Å². The van der Waals surface area contributed by atoms with E-state index >= 15 is 0 Å². The molecule has 0 atom stereocenters. The third-order valence-corrected chi connectivity index (χ3v) is 3.91. The summed E-state index contributed by atoms with van der Waals surface area (Å²) < 4.78 is 61.3. The van der Waals surface area contributed by atoms with Crippen molar-refractivity contribution in [1.29, 1.82) is 0 Å². The Balaban J connectivity index is 2.55.